The van der Waals surface area contributed by atoms with Gasteiger partial charge in [-0.1, -0.05) is 13.2 Å². The molecule has 0 aliphatic carbocycles. The van der Waals surface area contributed by atoms with Gasteiger partial charge in [0.2, 0.25) is 0 Å². The van der Waals surface area contributed by atoms with E-state index in [1.54, 1.807) is 0 Å². The second-order valence-corrected chi connectivity index (χ2v) is 3.85. The summed E-state index contributed by atoms with van der Waals surface area (Å²) < 4.78 is 0. The average molecular weight is 234 g/mol. The first-order valence-corrected chi connectivity index (χ1v) is 5.60. The SMILES string of the molecule is C=CN1CCCC1.C=CN1CCCC1.F.F. The lowest BCUT2D eigenvalue weighted by atomic mass is 10.4. The fraction of sp³-hybridized carbons (Fsp3) is 0.667. The Balaban J connectivity index is 0. The molecule has 96 valence electrons. The zero-order valence-corrected chi connectivity index (χ0v) is 9.94. The van der Waals surface area contributed by atoms with Crippen LogP contribution in [0.5, 0.6) is 0 Å². The van der Waals surface area contributed by atoms with Crippen LogP contribution in [0.15, 0.2) is 25.6 Å². The Morgan fingerprint density at radius 1 is 0.625 bits per heavy atom. The molecule has 0 bridgehead atoms. The summed E-state index contributed by atoms with van der Waals surface area (Å²) in [5, 5.41) is 0. The van der Waals surface area contributed by atoms with Crippen molar-refractivity contribution in [2.45, 2.75) is 25.7 Å². The molecule has 2 aliphatic heterocycles. The third kappa shape index (κ3) is 6.43. The largest absolute Gasteiger partial charge is 0.378 e. The molecule has 0 atom stereocenters. The van der Waals surface area contributed by atoms with Gasteiger partial charge in [0.15, 0.2) is 0 Å². The minimum absolute atomic E-state index is 0. The quantitative estimate of drug-likeness (QED) is 0.725. The van der Waals surface area contributed by atoms with E-state index in [4.69, 9.17) is 0 Å². The van der Waals surface area contributed by atoms with Gasteiger partial charge >= 0.3 is 0 Å². The molecule has 0 aromatic heterocycles. The van der Waals surface area contributed by atoms with Gasteiger partial charge in [-0.05, 0) is 38.1 Å². The number of rotatable bonds is 2. The van der Waals surface area contributed by atoms with E-state index in [0.29, 0.717) is 0 Å². The second-order valence-electron chi connectivity index (χ2n) is 3.85. The minimum Gasteiger partial charge on any atom is -0.378 e. The van der Waals surface area contributed by atoms with Gasteiger partial charge in [0, 0.05) is 26.2 Å². The van der Waals surface area contributed by atoms with Crippen molar-refractivity contribution in [3.05, 3.63) is 25.6 Å². The van der Waals surface area contributed by atoms with Crippen molar-refractivity contribution in [2.75, 3.05) is 26.2 Å². The molecule has 2 heterocycles. The van der Waals surface area contributed by atoms with E-state index in [-0.39, 0.29) is 9.41 Å². The van der Waals surface area contributed by atoms with Crippen molar-refractivity contribution in [3.63, 3.8) is 0 Å². The van der Waals surface area contributed by atoms with Gasteiger partial charge in [-0.2, -0.15) is 0 Å². The van der Waals surface area contributed by atoms with E-state index in [1.807, 2.05) is 12.4 Å². The average Bonchev–Trinajstić information content (AvgIpc) is 2.92. The summed E-state index contributed by atoms with van der Waals surface area (Å²) in [6, 6.07) is 0. The summed E-state index contributed by atoms with van der Waals surface area (Å²) in [5.41, 5.74) is 0. The molecule has 0 unspecified atom stereocenters. The Labute approximate surface area is 97.3 Å². The molecule has 0 N–H and O–H groups in total. The molecule has 16 heavy (non-hydrogen) atoms. The topological polar surface area (TPSA) is 6.48 Å². The molecule has 0 aromatic carbocycles. The molecule has 2 nitrogen and oxygen atoms in total. The molecular formula is C12H24F2N2. The summed E-state index contributed by atoms with van der Waals surface area (Å²) in [7, 11) is 0. The highest BCUT2D eigenvalue weighted by molar-refractivity contribution is 4.75. The Morgan fingerprint density at radius 3 is 1.00 bits per heavy atom. The number of hydrogen-bond acceptors (Lipinski definition) is 2. The molecule has 2 aliphatic rings. The van der Waals surface area contributed by atoms with Crippen molar-refractivity contribution in [2.24, 2.45) is 0 Å². The van der Waals surface area contributed by atoms with Crippen LogP contribution in [0.25, 0.3) is 0 Å². The summed E-state index contributed by atoms with van der Waals surface area (Å²) in [6.07, 6.45) is 9.26. The van der Waals surface area contributed by atoms with E-state index in [2.05, 4.69) is 23.0 Å². The Bertz CT molecular complexity index is 154. The van der Waals surface area contributed by atoms with E-state index in [9.17, 15) is 0 Å². The van der Waals surface area contributed by atoms with E-state index < -0.39 is 0 Å². The minimum atomic E-state index is 0. The van der Waals surface area contributed by atoms with Gasteiger partial charge < -0.3 is 9.80 Å². The molecule has 0 spiro atoms. The van der Waals surface area contributed by atoms with Crippen LogP contribution in [0, 0.1) is 0 Å². The van der Waals surface area contributed by atoms with Crippen molar-refractivity contribution >= 4 is 0 Å². The van der Waals surface area contributed by atoms with Gasteiger partial charge in [-0.3, -0.25) is 9.41 Å². The zero-order chi connectivity index (χ0) is 10.2. The van der Waals surface area contributed by atoms with Crippen LogP contribution in [-0.4, -0.2) is 36.0 Å². The summed E-state index contributed by atoms with van der Waals surface area (Å²) >= 11 is 0. The maximum absolute atomic E-state index is 3.67. The third-order valence-electron chi connectivity index (χ3n) is 2.80. The van der Waals surface area contributed by atoms with Crippen LogP contribution < -0.4 is 0 Å². The van der Waals surface area contributed by atoms with Crippen LogP contribution in [-0.2, 0) is 0 Å². The lowest BCUT2D eigenvalue weighted by Gasteiger charge is -2.07. The first-order valence-electron chi connectivity index (χ1n) is 5.60. The fourth-order valence-corrected chi connectivity index (χ4v) is 1.85. The van der Waals surface area contributed by atoms with E-state index >= 15 is 0 Å². The maximum Gasteiger partial charge on any atom is 0.0172 e. The highest BCUT2D eigenvalue weighted by atomic mass is 19.0. The molecule has 2 saturated heterocycles. The lowest BCUT2D eigenvalue weighted by molar-refractivity contribution is 0.469. The number of nitrogens with zero attached hydrogens (tertiary/aromatic N) is 2. The van der Waals surface area contributed by atoms with E-state index in [1.165, 1.54) is 51.9 Å². The number of likely N-dealkylation sites (tertiary alicyclic amines) is 2. The van der Waals surface area contributed by atoms with Crippen molar-refractivity contribution in [1.82, 2.24) is 9.80 Å². The highest BCUT2D eigenvalue weighted by Gasteiger charge is 2.04. The van der Waals surface area contributed by atoms with Crippen LogP contribution in [0.1, 0.15) is 25.7 Å². The van der Waals surface area contributed by atoms with Crippen LogP contribution in [0.2, 0.25) is 0 Å². The van der Waals surface area contributed by atoms with Gasteiger partial charge in [0.05, 0.1) is 0 Å². The first-order chi connectivity index (χ1) is 6.86. The standard InChI is InChI=1S/2C6H11N.2FH/c2*1-2-7-5-3-4-6-7;;/h2*2H,1,3-6H2;2*1H. The summed E-state index contributed by atoms with van der Waals surface area (Å²) in [4.78, 5) is 4.50. The van der Waals surface area contributed by atoms with Crippen LogP contribution in [0.3, 0.4) is 0 Å². The fourth-order valence-electron chi connectivity index (χ4n) is 1.85. The smallest absolute Gasteiger partial charge is 0.0172 e. The zero-order valence-electron chi connectivity index (χ0n) is 9.94. The second kappa shape index (κ2) is 10.5. The maximum atomic E-state index is 3.67. The molecule has 0 aromatic rings. The molecule has 0 radical (unpaired) electrons. The van der Waals surface area contributed by atoms with Crippen molar-refractivity contribution in [3.8, 4) is 0 Å². The molecule has 2 rings (SSSR count). The first kappa shape index (κ1) is 17.3. The predicted octanol–water partition coefficient (Wildman–Crippen LogP) is 2.76. The molecule has 4 heteroatoms. The number of halogens is 2. The Kier molecular flexibility index (Phi) is 11.3. The monoisotopic (exact) mass is 234 g/mol. The highest BCUT2D eigenvalue weighted by Crippen LogP contribution is 2.06. The number of hydrogen-bond donors (Lipinski definition) is 0. The van der Waals surface area contributed by atoms with Crippen LogP contribution in [0.4, 0.5) is 9.41 Å². The Morgan fingerprint density at radius 2 is 0.875 bits per heavy atom. The van der Waals surface area contributed by atoms with E-state index in [0.717, 1.165) is 0 Å². The normalized spacial score (nSPS) is 17.8. The van der Waals surface area contributed by atoms with Gasteiger partial charge in [0.1, 0.15) is 0 Å². The summed E-state index contributed by atoms with van der Waals surface area (Å²) in [6.45, 7) is 12.2. The van der Waals surface area contributed by atoms with Gasteiger partial charge in [-0.25, -0.2) is 0 Å². The molecule has 0 amide bonds. The predicted molar refractivity (Wildman–Crippen MR) is 67.0 cm³/mol. The van der Waals surface area contributed by atoms with Crippen molar-refractivity contribution < 1.29 is 9.41 Å². The van der Waals surface area contributed by atoms with Gasteiger partial charge in [-0.15, -0.1) is 0 Å². The molecule has 0 saturated carbocycles. The van der Waals surface area contributed by atoms with Gasteiger partial charge in [0.25, 0.3) is 0 Å². The van der Waals surface area contributed by atoms with Crippen LogP contribution >= 0.6 is 0 Å². The summed E-state index contributed by atoms with van der Waals surface area (Å²) in [5.74, 6) is 0. The third-order valence-corrected chi connectivity index (χ3v) is 2.80. The lowest BCUT2D eigenvalue weighted by Crippen LogP contribution is -2.08. The Hall–Kier alpha value is -1.06. The molecular weight excluding hydrogens is 210 g/mol. The molecule has 2 fully saturated rings. The van der Waals surface area contributed by atoms with Crippen molar-refractivity contribution in [1.29, 1.82) is 0 Å².